The number of nitriles is 1. The van der Waals surface area contributed by atoms with Gasteiger partial charge in [0, 0.05) is 22.1 Å². The molecule has 1 heterocycles. The Labute approximate surface area is 173 Å². The van der Waals surface area contributed by atoms with Gasteiger partial charge in [0.15, 0.2) is 11.5 Å². The number of benzene rings is 2. The third-order valence-corrected chi connectivity index (χ3v) is 5.67. The van der Waals surface area contributed by atoms with Gasteiger partial charge in [0.1, 0.15) is 24.5 Å². The molecule has 0 aliphatic heterocycles. The summed E-state index contributed by atoms with van der Waals surface area (Å²) in [6, 6.07) is 10.8. The fourth-order valence-corrected chi connectivity index (χ4v) is 4.08. The molecule has 0 saturated heterocycles. The van der Waals surface area contributed by atoms with E-state index in [2.05, 4.69) is 11.1 Å². The average molecular weight is 406 g/mol. The molecule has 0 saturated carbocycles. The van der Waals surface area contributed by atoms with Crippen LogP contribution in [0.3, 0.4) is 0 Å². The Morgan fingerprint density at radius 3 is 2.70 bits per heavy atom. The number of carbonyl (C=O) groups excluding carboxylic acids is 1. The van der Waals surface area contributed by atoms with E-state index >= 15 is 0 Å². The first-order valence-corrected chi connectivity index (χ1v) is 9.57. The largest absolute Gasteiger partial charge is 0.493 e. The van der Waals surface area contributed by atoms with Gasteiger partial charge in [-0.2, -0.15) is 5.26 Å². The van der Waals surface area contributed by atoms with Gasteiger partial charge in [-0.1, -0.05) is 19.9 Å². The van der Waals surface area contributed by atoms with Crippen molar-refractivity contribution in [1.29, 1.82) is 5.26 Å². The first kappa shape index (κ1) is 20.0. The Hall–Kier alpha value is -3.34. The zero-order chi connectivity index (χ0) is 21.6. The summed E-state index contributed by atoms with van der Waals surface area (Å²) >= 11 is 0. The zero-order valence-electron chi connectivity index (χ0n) is 16.9. The minimum absolute atomic E-state index is 0.0462. The summed E-state index contributed by atoms with van der Waals surface area (Å²) in [7, 11) is 1.50. The number of aromatic nitrogens is 1. The molecule has 1 aliphatic carbocycles. The van der Waals surface area contributed by atoms with Crippen molar-refractivity contribution in [3.8, 4) is 17.6 Å². The van der Waals surface area contributed by atoms with Crippen molar-refractivity contribution in [3.05, 3.63) is 58.3 Å². The number of fused-ring (bicyclic) bond motifs is 4. The number of rotatable bonds is 5. The fourth-order valence-electron chi connectivity index (χ4n) is 4.08. The number of aromatic amines is 1. The lowest BCUT2D eigenvalue weighted by molar-refractivity contribution is 0.0535. The van der Waals surface area contributed by atoms with E-state index in [1.807, 2.05) is 13.8 Å². The van der Waals surface area contributed by atoms with Gasteiger partial charge < -0.3 is 24.7 Å². The normalized spacial score (nSPS) is 15.3. The molecule has 0 amide bonds. The van der Waals surface area contributed by atoms with E-state index in [1.54, 1.807) is 30.3 Å². The van der Waals surface area contributed by atoms with Crippen LogP contribution in [0.2, 0.25) is 0 Å². The quantitative estimate of drug-likeness (QED) is 0.600. The SMILES string of the molecule is COc1c(C#N)ccc2c3c([nH]c12)C(C)(C)c1cc(OC[C@@H](O)CO)ccc1C3=O. The summed E-state index contributed by atoms with van der Waals surface area (Å²) in [5.41, 5.74) is 3.16. The highest BCUT2D eigenvalue weighted by Crippen LogP contribution is 2.46. The smallest absolute Gasteiger partial charge is 0.195 e. The van der Waals surface area contributed by atoms with E-state index in [1.165, 1.54) is 7.11 Å². The third-order valence-electron chi connectivity index (χ3n) is 5.67. The summed E-state index contributed by atoms with van der Waals surface area (Å²) in [6.45, 7) is 3.59. The van der Waals surface area contributed by atoms with Crippen molar-refractivity contribution in [2.45, 2.75) is 25.4 Å². The van der Waals surface area contributed by atoms with Crippen LogP contribution >= 0.6 is 0 Å². The predicted molar refractivity (Wildman–Crippen MR) is 110 cm³/mol. The van der Waals surface area contributed by atoms with E-state index < -0.39 is 11.5 Å². The van der Waals surface area contributed by atoms with E-state index in [9.17, 15) is 15.2 Å². The highest BCUT2D eigenvalue weighted by molar-refractivity contribution is 6.20. The molecule has 2 aromatic carbocycles. The van der Waals surface area contributed by atoms with Crippen LogP contribution in [-0.2, 0) is 5.41 Å². The third kappa shape index (κ3) is 2.84. The number of aliphatic hydroxyl groups is 2. The zero-order valence-corrected chi connectivity index (χ0v) is 16.9. The summed E-state index contributed by atoms with van der Waals surface area (Å²) < 4.78 is 11.0. The van der Waals surface area contributed by atoms with E-state index in [0.29, 0.717) is 33.7 Å². The van der Waals surface area contributed by atoms with Crippen molar-refractivity contribution in [2.75, 3.05) is 20.3 Å². The molecule has 1 aliphatic rings. The maximum atomic E-state index is 13.4. The van der Waals surface area contributed by atoms with Gasteiger partial charge in [-0.25, -0.2) is 0 Å². The molecule has 1 atom stereocenters. The molecule has 154 valence electrons. The highest BCUT2D eigenvalue weighted by atomic mass is 16.5. The fraction of sp³-hybridized carbons (Fsp3) is 0.304. The molecule has 7 heteroatoms. The molecule has 0 spiro atoms. The van der Waals surface area contributed by atoms with Gasteiger partial charge in [0.05, 0.1) is 30.4 Å². The van der Waals surface area contributed by atoms with Crippen LogP contribution < -0.4 is 9.47 Å². The minimum Gasteiger partial charge on any atom is -0.493 e. The van der Waals surface area contributed by atoms with Crippen molar-refractivity contribution in [3.63, 3.8) is 0 Å². The lowest BCUT2D eigenvalue weighted by atomic mass is 9.71. The van der Waals surface area contributed by atoms with Gasteiger partial charge >= 0.3 is 0 Å². The highest BCUT2D eigenvalue weighted by Gasteiger charge is 2.40. The molecular formula is C23H22N2O5. The molecule has 3 N–H and O–H groups in total. The van der Waals surface area contributed by atoms with Crippen LogP contribution in [0.1, 0.15) is 46.6 Å². The Morgan fingerprint density at radius 1 is 1.27 bits per heavy atom. The summed E-state index contributed by atoms with van der Waals surface area (Å²) in [5.74, 6) is 0.810. The summed E-state index contributed by atoms with van der Waals surface area (Å²) in [6.07, 6.45) is -0.974. The van der Waals surface area contributed by atoms with Crippen LogP contribution in [0.4, 0.5) is 0 Å². The van der Waals surface area contributed by atoms with Gasteiger partial charge in [-0.15, -0.1) is 0 Å². The molecule has 3 aromatic rings. The van der Waals surface area contributed by atoms with Crippen molar-refractivity contribution < 1.29 is 24.5 Å². The number of methoxy groups -OCH3 is 1. The molecule has 7 nitrogen and oxygen atoms in total. The Bertz CT molecular complexity index is 1200. The van der Waals surface area contributed by atoms with Gasteiger partial charge in [0.2, 0.25) is 0 Å². The molecule has 30 heavy (non-hydrogen) atoms. The van der Waals surface area contributed by atoms with E-state index in [0.717, 1.165) is 16.6 Å². The summed E-state index contributed by atoms with van der Waals surface area (Å²) in [4.78, 5) is 16.7. The first-order valence-electron chi connectivity index (χ1n) is 9.57. The number of ketones is 1. The van der Waals surface area contributed by atoms with Crippen LogP contribution in [0.25, 0.3) is 10.9 Å². The molecule has 0 fully saturated rings. The van der Waals surface area contributed by atoms with Crippen molar-refractivity contribution in [1.82, 2.24) is 4.98 Å². The Kier molecular flexibility index (Phi) is 4.77. The lowest BCUT2D eigenvalue weighted by Gasteiger charge is -2.32. The number of nitrogens with zero attached hydrogens (tertiary/aromatic N) is 1. The molecule has 0 radical (unpaired) electrons. The van der Waals surface area contributed by atoms with E-state index in [-0.39, 0.29) is 19.0 Å². The number of hydrogen-bond acceptors (Lipinski definition) is 6. The summed E-state index contributed by atoms with van der Waals surface area (Å²) in [5, 5.41) is 28.6. The Balaban J connectivity index is 1.88. The molecule has 0 unspecified atom stereocenters. The molecule has 0 bridgehead atoms. The van der Waals surface area contributed by atoms with Gasteiger partial charge in [-0.3, -0.25) is 4.79 Å². The maximum absolute atomic E-state index is 13.4. The van der Waals surface area contributed by atoms with E-state index in [4.69, 9.17) is 14.6 Å². The maximum Gasteiger partial charge on any atom is 0.195 e. The predicted octanol–water partition coefficient (Wildman–Crippen LogP) is 2.65. The molecule has 4 rings (SSSR count). The number of aliphatic hydroxyl groups excluding tert-OH is 2. The number of H-pyrrole nitrogens is 1. The topological polar surface area (TPSA) is 116 Å². The lowest BCUT2D eigenvalue weighted by Crippen LogP contribution is -2.30. The Morgan fingerprint density at radius 2 is 2.03 bits per heavy atom. The van der Waals surface area contributed by atoms with Gasteiger partial charge in [-0.05, 0) is 29.8 Å². The second kappa shape index (κ2) is 7.17. The molecule has 1 aromatic heterocycles. The number of carbonyl (C=O) groups is 1. The average Bonchev–Trinajstić information content (AvgIpc) is 3.16. The second-order valence-corrected chi connectivity index (χ2v) is 7.86. The van der Waals surface area contributed by atoms with Crippen LogP contribution in [0.5, 0.6) is 11.5 Å². The van der Waals surface area contributed by atoms with Crippen LogP contribution in [-0.4, -0.2) is 47.4 Å². The van der Waals surface area contributed by atoms with Crippen molar-refractivity contribution in [2.24, 2.45) is 0 Å². The molecular weight excluding hydrogens is 384 g/mol. The number of ether oxygens (including phenoxy) is 2. The standard InChI is InChI=1S/C23H22N2O5/c1-23(2)17-8-14(30-11-13(27)10-26)5-7-15(17)20(28)18-16-6-4-12(9-24)21(29-3)19(16)25-22(18)23/h4-8,13,25-27H,10-11H2,1-3H3/t13-/m0/s1. The van der Waals surface area contributed by atoms with Crippen LogP contribution in [0, 0.1) is 11.3 Å². The number of nitrogens with one attached hydrogen (secondary N) is 1. The van der Waals surface area contributed by atoms with Crippen molar-refractivity contribution >= 4 is 16.7 Å². The number of hydrogen-bond donors (Lipinski definition) is 3. The second-order valence-electron chi connectivity index (χ2n) is 7.86. The van der Waals surface area contributed by atoms with Gasteiger partial charge in [0.25, 0.3) is 0 Å². The monoisotopic (exact) mass is 406 g/mol. The minimum atomic E-state index is -0.974. The van der Waals surface area contributed by atoms with Crippen LogP contribution in [0.15, 0.2) is 30.3 Å². The first-order chi connectivity index (χ1) is 14.3.